The Morgan fingerprint density at radius 3 is 2.21 bits per heavy atom. The van der Waals surface area contributed by atoms with Crippen molar-refractivity contribution in [2.75, 3.05) is 27.8 Å². The van der Waals surface area contributed by atoms with Gasteiger partial charge in [0, 0.05) is 12.1 Å². The van der Waals surface area contributed by atoms with Crippen molar-refractivity contribution in [3.05, 3.63) is 89.0 Å². The summed E-state index contributed by atoms with van der Waals surface area (Å²) in [6.45, 7) is 0.511. The Labute approximate surface area is 194 Å². The summed E-state index contributed by atoms with van der Waals surface area (Å²) < 4.78 is 37.4. The van der Waals surface area contributed by atoms with Crippen molar-refractivity contribution >= 4 is 15.9 Å². The van der Waals surface area contributed by atoms with E-state index in [4.69, 9.17) is 9.47 Å². The zero-order valence-electron chi connectivity index (χ0n) is 18.7. The first-order chi connectivity index (χ1) is 15.9. The van der Waals surface area contributed by atoms with Crippen molar-refractivity contribution in [2.24, 2.45) is 0 Å². The topological polar surface area (TPSA) is 84.9 Å². The number of nitrogens with one attached hydrogen (secondary N) is 1. The number of fused-ring (bicyclic) bond motifs is 1. The molecule has 1 atom stereocenters. The number of amides is 1. The molecule has 3 aromatic carbocycles. The van der Waals surface area contributed by atoms with Gasteiger partial charge in [0.2, 0.25) is 10.0 Å². The van der Waals surface area contributed by atoms with Crippen LogP contribution < -0.4 is 14.2 Å². The quantitative estimate of drug-likeness (QED) is 0.602. The van der Waals surface area contributed by atoms with Gasteiger partial charge in [-0.2, -0.15) is 0 Å². The first-order valence-electron chi connectivity index (χ1n) is 10.5. The van der Waals surface area contributed by atoms with E-state index < -0.39 is 10.0 Å². The van der Waals surface area contributed by atoms with E-state index in [-0.39, 0.29) is 16.8 Å². The van der Waals surface area contributed by atoms with Crippen molar-refractivity contribution in [3.8, 4) is 11.5 Å². The molecule has 172 valence electrons. The molecule has 0 aliphatic carbocycles. The number of rotatable bonds is 6. The molecule has 1 heterocycles. The average molecular weight is 467 g/mol. The fourth-order valence-corrected chi connectivity index (χ4v) is 4.95. The van der Waals surface area contributed by atoms with Crippen LogP contribution >= 0.6 is 0 Å². The zero-order chi connectivity index (χ0) is 23.6. The highest BCUT2D eigenvalue weighted by Gasteiger charge is 2.34. The molecular weight excluding hydrogens is 440 g/mol. The highest BCUT2D eigenvalue weighted by molar-refractivity contribution is 7.89. The van der Waals surface area contributed by atoms with Gasteiger partial charge in [-0.05, 0) is 66.6 Å². The third kappa shape index (κ3) is 4.31. The molecule has 0 bridgehead atoms. The van der Waals surface area contributed by atoms with Crippen molar-refractivity contribution in [3.63, 3.8) is 0 Å². The van der Waals surface area contributed by atoms with Gasteiger partial charge >= 0.3 is 0 Å². The van der Waals surface area contributed by atoms with Crippen LogP contribution in [-0.4, -0.2) is 47.0 Å². The minimum atomic E-state index is -3.57. The third-order valence-electron chi connectivity index (χ3n) is 5.93. The zero-order valence-corrected chi connectivity index (χ0v) is 19.6. The maximum absolute atomic E-state index is 13.6. The normalized spacial score (nSPS) is 15.6. The van der Waals surface area contributed by atoms with Gasteiger partial charge in [-0.1, -0.05) is 30.3 Å². The molecule has 8 heteroatoms. The lowest BCUT2D eigenvalue weighted by molar-refractivity contribution is 0.0694. The van der Waals surface area contributed by atoms with E-state index in [1.165, 1.54) is 19.2 Å². The van der Waals surface area contributed by atoms with Crippen LogP contribution in [0.15, 0.2) is 71.6 Å². The summed E-state index contributed by atoms with van der Waals surface area (Å²) in [6, 6.07) is 19.4. The van der Waals surface area contributed by atoms with Gasteiger partial charge in [0.05, 0.1) is 25.2 Å². The first-order valence-corrected chi connectivity index (χ1v) is 12.0. The molecule has 1 aliphatic rings. The second-order valence-electron chi connectivity index (χ2n) is 7.70. The van der Waals surface area contributed by atoms with Crippen molar-refractivity contribution in [1.29, 1.82) is 0 Å². The van der Waals surface area contributed by atoms with E-state index in [1.54, 1.807) is 26.4 Å². The highest BCUT2D eigenvalue weighted by Crippen LogP contribution is 2.41. The van der Waals surface area contributed by atoms with Gasteiger partial charge in [0.25, 0.3) is 5.91 Å². The number of ether oxygens (including phenoxy) is 2. The number of benzene rings is 3. The van der Waals surface area contributed by atoms with Gasteiger partial charge in [0.15, 0.2) is 11.5 Å². The van der Waals surface area contributed by atoms with Gasteiger partial charge in [0.1, 0.15) is 0 Å². The SMILES string of the molecule is CNS(=O)(=O)c1ccc(C(=O)N2CCc3cc(OC)c(OC)cc3C2c2ccccc2)cc1. The second-order valence-corrected chi connectivity index (χ2v) is 9.59. The largest absolute Gasteiger partial charge is 0.493 e. The second kappa shape index (κ2) is 9.25. The molecule has 0 radical (unpaired) electrons. The van der Waals surface area contributed by atoms with Crippen molar-refractivity contribution < 1.29 is 22.7 Å². The van der Waals surface area contributed by atoms with Crippen LogP contribution in [0, 0.1) is 0 Å². The minimum absolute atomic E-state index is 0.113. The summed E-state index contributed by atoms with van der Waals surface area (Å²) in [7, 11) is 0.978. The van der Waals surface area contributed by atoms with E-state index in [0.29, 0.717) is 30.0 Å². The van der Waals surface area contributed by atoms with Gasteiger partial charge < -0.3 is 14.4 Å². The minimum Gasteiger partial charge on any atom is -0.493 e. The standard InChI is InChI=1S/C25H26N2O5S/c1-26-33(29,30)20-11-9-18(10-12-20)25(28)27-14-13-19-15-22(31-2)23(32-3)16-21(19)24(27)17-7-5-4-6-8-17/h4-12,15-16,24,26H,13-14H2,1-3H3. The van der Waals surface area contributed by atoms with E-state index in [1.807, 2.05) is 47.4 Å². The Hall–Kier alpha value is -3.36. The fraction of sp³-hybridized carbons (Fsp3) is 0.240. The first kappa shape index (κ1) is 22.8. The summed E-state index contributed by atoms with van der Waals surface area (Å²) in [6.07, 6.45) is 0.664. The molecule has 0 aromatic heterocycles. The number of hydrogen-bond acceptors (Lipinski definition) is 5. The number of hydrogen-bond donors (Lipinski definition) is 1. The maximum Gasteiger partial charge on any atom is 0.254 e. The van der Waals surface area contributed by atoms with Gasteiger partial charge in [-0.15, -0.1) is 0 Å². The number of carbonyl (C=O) groups excluding carboxylic acids is 1. The predicted molar refractivity (Wildman–Crippen MR) is 125 cm³/mol. The summed E-state index contributed by atoms with van der Waals surface area (Å²) in [5.74, 6) is 1.09. The Kier molecular flexibility index (Phi) is 6.40. The highest BCUT2D eigenvalue weighted by atomic mass is 32.2. The van der Waals surface area contributed by atoms with Crippen LogP contribution in [0.1, 0.15) is 33.1 Å². The molecule has 0 spiro atoms. The molecule has 4 rings (SSSR count). The Balaban J connectivity index is 1.77. The lowest BCUT2D eigenvalue weighted by Crippen LogP contribution is -2.40. The van der Waals surface area contributed by atoms with E-state index in [9.17, 15) is 13.2 Å². The van der Waals surface area contributed by atoms with E-state index in [2.05, 4.69) is 4.72 Å². The molecule has 1 amide bonds. The molecule has 3 aromatic rings. The third-order valence-corrected chi connectivity index (χ3v) is 7.36. The fourth-order valence-electron chi connectivity index (χ4n) is 4.22. The van der Waals surface area contributed by atoms with Crippen LogP contribution in [0.25, 0.3) is 0 Å². The molecule has 0 fully saturated rings. The van der Waals surface area contributed by atoms with Gasteiger partial charge in [-0.25, -0.2) is 13.1 Å². The summed E-state index contributed by atoms with van der Waals surface area (Å²) in [5, 5.41) is 0. The smallest absolute Gasteiger partial charge is 0.254 e. The van der Waals surface area contributed by atoms with Crippen LogP contribution in [0.3, 0.4) is 0 Å². The average Bonchev–Trinajstić information content (AvgIpc) is 2.87. The summed E-state index contributed by atoms with van der Waals surface area (Å²) in [5.41, 5.74) is 3.48. The molecule has 1 N–H and O–H groups in total. The Morgan fingerprint density at radius 1 is 0.970 bits per heavy atom. The van der Waals surface area contributed by atoms with Crippen LogP contribution in [-0.2, 0) is 16.4 Å². The lowest BCUT2D eigenvalue weighted by atomic mass is 9.87. The molecule has 1 aliphatic heterocycles. The van der Waals surface area contributed by atoms with Crippen molar-refractivity contribution in [1.82, 2.24) is 9.62 Å². The van der Waals surface area contributed by atoms with Crippen LogP contribution in [0.2, 0.25) is 0 Å². The number of sulfonamides is 1. The number of methoxy groups -OCH3 is 2. The van der Waals surface area contributed by atoms with E-state index in [0.717, 1.165) is 16.7 Å². The van der Waals surface area contributed by atoms with Gasteiger partial charge in [-0.3, -0.25) is 4.79 Å². The summed E-state index contributed by atoms with van der Waals surface area (Å²) in [4.78, 5) is 15.5. The molecule has 0 saturated heterocycles. The summed E-state index contributed by atoms with van der Waals surface area (Å²) >= 11 is 0. The molecule has 33 heavy (non-hydrogen) atoms. The molecule has 7 nitrogen and oxygen atoms in total. The Bertz CT molecular complexity index is 1260. The lowest BCUT2D eigenvalue weighted by Gasteiger charge is -2.38. The molecule has 1 unspecified atom stereocenters. The monoisotopic (exact) mass is 466 g/mol. The molecule has 0 saturated carbocycles. The van der Waals surface area contributed by atoms with Crippen LogP contribution in [0.4, 0.5) is 0 Å². The number of carbonyl (C=O) groups is 1. The predicted octanol–water partition coefficient (Wildman–Crippen LogP) is 3.40. The van der Waals surface area contributed by atoms with E-state index >= 15 is 0 Å². The van der Waals surface area contributed by atoms with Crippen molar-refractivity contribution in [2.45, 2.75) is 17.4 Å². The Morgan fingerprint density at radius 2 is 1.61 bits per heavy atom. The molecular formula is C25H26N2O5S. The maximum atomic E-state index is 13.6. The van der Waals surface area contributed by atoms with Crippen LogP contribution in [0.5, 0.6) is 11.5 Å². The number of nitrogens with zero attached hydrogens (tertiary/aromatic N) is 1.